The van der Waals surface area contributed by atoms with Crippen molar-refractivity contribution in [2.45, 2.75) is 90.4 Å². The summed E-state index contributed by atoms with van der Waals surface area (Å²) in [7, 11) is 0. The summed E-state index contributed by atoms with van der Waals surface area (Å²) >= 11 is 0. The van der Waals surface area contributed by atoms with Gasteiger partial charge in [0.15, 0.2) is 5.78 Å². The third-order valence-corrected chi connectivity index (χ3v) is 3.59. The molecule has 0 radical (unpaired) electrons. The minimum Gasteiger partial charge on any atom is -0.481 e. The highest BCUT2D eigenvalue weighted by molar-refractivity contribution is 5.89. The maximum atomic E-state index is 11.6. The molecule has 3 nitrogen and oxygen atoms in total. The molecule has 0 aromatic heterocycles. The van der Waals surface area contributed by atoms with Crippen molar-refractivity contribution in [3.05, 3.63) is 12.2 Å². The van der Waals surface area contributed by atoms with Crippen LogP contribution in [-0.2, 0) is 9.59 Å². The van der Waals surface area contributed by atoms with Crippen molar-refractivity contribution in [3.63, 3.8) is 0 Å². The number of aliphatic carboxylic acids is 1. The van der Waals surface area contributed by atoms with E-state index in [1.165, 1.54) is 25.7 Å². The largest absolute Gasteiger partial charge is 0.481 e. The Balaban J connectivity index is 3.29. The van der Waals surface area contributed by atoms with E-state index in [0.717, 1.165) is 44.9 Å². The highest BCUT2D eigenvalue weighted by Gasteiger charge is 1.98. The smallest absolute Gasteiger partial charge is 0.303 e. The van der Waals surface area contributed by atoms with Crippen LogP contribution in [0.5, 0.6) is 0 Å². The Hall–Kier alpha value is -1.12. The number of hydrogen-bond acceptors (Lipinski definition) is 2. The number of rotatable bonds is 15. The minimum absolute atomic E-state index is 0.247. The zero-order valence-electron chi connectivity index (χ0n) is 13.6. The van der Waals surface area contributed by atoms with Crippen molar-refractivity contribution in [2.75, 3.05) is 0 Å². The Kier molecular flexibility index (Phi) is 14.5. The molecule has 0 saturated heterocycles. The fourth-order valence-corrected chi connectivity index (χ4v) is 2.27. The van der Waals surface area contributed by atoms with Crippen LogP contribution in [0.15, 0.2) is 12.2 Å². The molecule has 0 spiro atoms. The van der Waals surface area contributed by atoms with Crippen LogP contribution in [0.1, 0.15) is 90.4 Å². The van der Waals surface area contributed by atoms with Crippen molar-refractivity contribution >= 4 is 11.8 Å². The quantitative estimate of drug-likeness (QED) is 0.330. The van der Waals surface area contributed by atoms with Gasteiger partial charge < -0.3 is 5.11 Å². The third-order valence-electron chi connectivity index (χ3n) is 3.59. The van der Waals surface area contributed by atoms with E-state index in [4.69, 9.17) is 5.11 Å². The first-order chi connectivity index (χ1) is 10.2. The lowest BCUT2D eigenvalue weighted by atomic mass is 10.1. The van der Waals surface area contributed by atoms with Crippen LogP contribution in [0, 0.1) is 0 Å². The summed E-state index contributed by atoms with van der Waals surface area (Å²) in [6, 6.07) is 0. The summed E-state index contributed by atoms with van der Waals surface area (Å²) in [5, 5.41) is 8.50. The molecule has 0 aliphatic rings. The van der Waals surface area contributed by atoms with Gasteiger partial charge >= 0.3 is 5.97 Å². The molecule has 1 N–H and O–H groups in total. The van der Waals surface area contributed by atoms with Crippen LogP contribution in [-0.4, -0.2) is 16.9 Å². The Bertz CT molecular complexity index is 295. The van der Waals surface area contributed by atoms with Gasteiger partial charge in [0, 0.05) is 12.8 Å². The Labute approximate surface area is 129 Å². The van der Waals surface area contributed by atoms with Gasteiger partial charge in [-0.1, -0.05) is 57.9 Å². The molecular formula is C18H32O3. The molecule has 0 aromatic carbocycles. The van der Waals surface area contributed by atoms with Crippen molar-refractivity contribution in [1.82, 2.24) is 0 Å². The number of ketones is 1. The first-order valence-electron chi connectivity index (χ1n) is 8.58. The maximum absolute atomic E-state index is 11.6. The van der Waals surface area contributed by atoms with Gasteiger partial charge in [-0.05, 0) is 31.8 Å². The number of unbranched alkanes of at least 4 members (excludes halogenated alkanes) is 9. The van der Waals surface area contributed by atoms with E-state index in [2.05, 4.69) is 6.92 Å². The molecule has 0 heterocycles. The van der Waals surface area contributed by atoms with E-state index in [9.17, 15) is 9.59 Å². The van der Waals surface area contributed by atoms with Gasteiger partial charge in [0.05, 0.1) is 0 Å². The summed E-state index contributed by atoms with van der Waals surface area (Å²) in [5.41, 5.74) is 0. The van der Waals surface area contributed by atoms with E-state index >= 15 is 0 Å². The van der Waals surface area contributed by atoms with Crippen LogP contribution in [0.25, 0.3) is 0 Å². The lowest BCUT2D eigenvalue weighted by molar-refractivity contribution is -0.137. The van der Waals surface area contributed by atoms with Crippen LogP contribution in [0.3, 0.4) is 0 Å². The number of carbonyl (C=O) groups is 2. The van der Waals surface area contributed by atoms with Crippen molar-refractivity contribution in [2.24, 2.45) is 0 Å². The average Bonchev–Trinajstić information content (AvgIpc) is 2.45. The van der Waals surface area contributed by atoms with Gasteiger partial charge in [-0.2, -0.15) is 0 Å². The molecule has 0 rings (SSSR count). The topological polar surface area (TPSA) is 54.4 Å². The van der Waals surface area contributed by atoms with E-state index in [0.29, 0.717) is 6.42 Å². The van der Waals surface area contributed by atoms with E-state index < -0.39 is 5.97 Å². The number of carboxylic acid groups (broad SMARTS) is 1. The lowest BCUT2D eigenvalue weighted by Crippen LogP contribution is -1.94. The van der Waals surface area contributed by atoms with E-state index in [1.807, 2.05) is 6.08 Å². The van der Waals surface area contributed by atoms with Gasteiger partial charge in [0.25, 0.3) is 0 Å². The molecule has 0 aromatic rings. The second kappa shape index (κ2) is 15.3. The lowest BCUT2D eigenvalue weighted by Gasteiger charge is -2.00. The summed E-state index contributed by atoms with van der Waals surface area (Å²) in [6.07, 6.45) is 16.7. The molecule has 0 aliphatic heterocycles. The minimum atomic E-state index is -0.706. The maximum Gasteiger partial charge on any atom is 0.303 e. The molecule has 0 unspecified atom stereocenters. The van der Waals surface area contributed by atoms with E-state index in [-0.39, 0.29) is 12.2 Å². The monoisotopic (exact) mass is 296 g/mol. The number of carbonyl (C=O) groups excluding carboxylic acids is 1. The van der Waals surface area contributed by atoms with Crippen LogP contribution in [0.4, 0.5) is 0 Å². The molecule has 0 fully saturated rings. The SMILES string of the molecule is CCCCCCC=CC(=O)CCCCCCCCC(=O)O. The molecular weight excluding hydrogens is 264 g/mol. The number of hydrogen-bond donors (Lipinski definition) is 1. The van der Waals surface area contributed by atoms with Gasteiger partial charge in [-0.25, -0.2) is 0 Å². The predicted molar refractivity (Wildman–Crippen MR) is 87.5 cm³/mol. The number of allylic oxidation sites excluding steroid dienone is 2. The normalized spacial score (nSPS) is 11.1. The summed E-state index contributed by atoms with van der Waals surface area (Å²) < 4.78 is 0. The van der Waals surface area contributed by atoms with Gasteiger partial charge in [0.2, 0.25) is 0 Å². The average molecular weight is 296 g/mol. The second-order valence-corrected chi connectivity index (χ2v) is 5.73. The van der Waals surface area contributed by atoms with E-state index in [1.54, 1.807) is 6.08 Å². The molecule has 0 bridgehead atoms. The molecule has 0 amide bonds. The molecule has 0 atom stereocenters. The molecule has 3 heteroatoms. The summed E-state index contributed by atoms with van der Waals surface area (Å²) in [6.45, 7) is 2.20. The standard InChI is InChI=1S/C18H32O3/c1-2-3-4-5-8-11-14-17(19)15-12-9-6-7-10-13-16-18(20)21/h11,14H,2-10,12-13,15-16H2,1H3,(H,20,21). The first kappa shape index (κ1) is 19.9. The zero-order valence-corrected chi connectivity index (χ0v) is 13.6. The molecule has 122 valence electrons. The summed E-state index contributed by atoms with van der Waals surface area (Å²) in [5.74, 6) is -0.460. The zero-order chi connectivity index (χ0) is 15.8. The Morgan fingerprint density at radius 1 is 0.810 bits per heavy atom. The molecule has 0 saturated carbocycles. The third kappa shape index (κ3) is 16.8. The number of carboxylic acids is 1. The highest BCUT2D eigenvalue weighted by atomic mass is 16.4. The van der Waals surface area contributed by atoms with Crippen LogP contribution in [0.2, 0.25) is 0 Å². The fraction of sp³-hybridized carbons (Fsp3) is 0.778. The molecule has 21 heavy (non-hydrogen) atoms. The van der Waals surface area contributed by atoms with Crippen molar-refractivity contribution in [3.8, 4) is 0 Å². The highest BCUT2D eigenvalue weighted by Crippen LogP contribution is 2.09. The van der Waals surface area contributed by atoms with Gasteiger partial charge in [-0.15, -0.1) is 0 Å². The van der Waals surface area contributed by atoms with Crippen LogP contribution < -0.4 is 0 Å². The van der Waals surface area contributed by atoms with Gasteiger partial charge in [-0.3, -0.25) is 9.59 Å². The Morgan fingerprint density at radius 2 is 1.38 bits per heavy atom. The summed E-state index contributed by atoms with van der Waals surface area (Å²) in [4.78, 5) is 21.9. The first-order valence-corrected chi connectivity index (χ1v) is 8.58. The fourth-order valence-electron chi connectivity index (χ4n) is 2.27. The predicted octanol–water partition coefficient (Wildman–Crippen LogP) is 5.29. The molecule has 0 aliphatic carbocycles. The van der Waals surface area contributed by atoms with Crippen molar-refractivity contribution in [1.29, 1.82) is 0 Å². The van der Waals surface area contributed by atoms with Crippen LogP contribution >= 0.6 is 0 Å². The second-order valence-electron chi connectivity index (χ2n) is 5.73. The van der Waals surface area contributed by atoms with Gasteiger partial charge in [0.1, 0.15) is 0 Å². The van der Waals surface area contributed by atoms with Crippen molar-refractivity contribution < 1.29 is 14.7 Å². The Morgan fingerprint density at radius 3 is 2.00 bits per heavy atom.